The third-order valence-corrected chi connectivity index (χ3v) is 5.91. The molecule has 4 rings (SSSR count). The predicted molar refractivity (Wildman–Crippen MR) is 130 cm³/mol. The third-order valence-electron chi connectivity index (χ3n) is 4.98. The number of ether oxygens (including phenoxy) is 2. The summed E-state index contributed by atoms with van der Waals surface area (Å²) in [6.07, 6.45) is 0. The van der Waals surface area contributed by atoms with Crippen LogP contribution in [0.3, 0.4) is 0 Å². The van der Waals surface area contributed by atoms with E-state index in [1.54, 1.807) is 38.5 Å². The second-order valence-corrected chi connectivity index (χ2v) is 8.19. The van der Waals surface area contributed by atoms with Crippen molar-refractivity contribution >= 4 is 23.4 Å². The lowest BCUT2D eigenvalue weighted by molar-refractivity contribution is -0.113. The van der Waals surface area contributed by atoms with Crippen LogP contribution in [-0.4, -0.2) is 40.6 Å². The quantitative estimate of drug-likeness (QED) is 0.373. The van der Waals surface area contributed by atoms with Gasteiger partial charge in [0.15, 0.2) is 11.0 Å². The van der Waals surface area contributed by atoms with Gasteiger partial charge in [0.05, 0.1) is 25.5 Å². The molecule has 0 aliphatic heterocycles. The minimum absolute atomic E-state index is 0.137. The van der Waals surface area contributed by atoms with Gasteiger partial charge >= 0.3 is 0 Å². The molecule has 1 N–H and O–H groups in total. The molecule has 1 aromatic heterocycles. The van der Waals surface area contributed by atoms with Gasteiger partial charge in [-0.3, -0.25) is 9.36 Å². The van der Waals surface area contributed by atoms with Crippen LogP contribution in [0.25, 0.3) is 17.1 Å². The van der Waals surface area contributed by atoms with Gasteiger partial charge in [-0.1, -0.05) is 41.6 Å². The number of amides is 1. The number of thioether (sulfide) groups is 1. The zero-order valence-corrected chi connectivity index (χ0v) is 19.4. The van der Waals surface area contributed by atoms with Crippen molar-refractivity contribution in [1.82, 2.24) is 14.8 Å². The summed E-state index contributed by atoms with van der Waals surface area (Å²) in [6.45, 7) is 2.04. The van der Waals surface area contributed by atoms with Gasteiger partial charge in [-0.05, 0) is 55.5 Å². The zero-order chi connectivity index (χ0) is 23.2. The number of nitrogens with one attached hydrogen (secondary N) is 1. The van der Waals surface area contributed by atoms with Crippen molar-refractivity contribution in [3.05, 3.63) is 78.4 Å². The molecule has 3 aromatic carbocycles. The maximum Gasteiger partial charge on any atom is 0.234 e. The van der Waals surface area contributed by atoms with Gasteiger partial charge < -0.3 is 14.8 Å². The second kappa shape index (κ2) is 10.2. The Balaban J connectivity index is 1.60. The molecule has 0 spiro atoms. The first-order valence-corrected chi connectivity index (χ1v) is 11.3. The number of hydrogen-bond donors (Lipinski definition) is 1. The van der Waals surface area contributed by atoms with Crippen LogP contribution in [0.2, 0.25) is 0 Å². The van der Waals surface area contributed by atoms with Crippen LogP contribution < -0.4 is 14.8 Å². The van der Waals surface area contributed by atoms with E-state index in [-0.39, 0.29) is 11.7 Å². The standard InChI is InChI=1S/C25H24N4O3S/c1-17-8-12-19(13-9-17)29-24(21-6-4-5-7-22(21)32-3)27-28-25(29)33-16-23(30)26-18-10-14-20(31-2)15-11-18/h4-15H,16H2,1-3H3,(H,26,30). The van der Waals surface area contributed by atoms with Crippen molar-refractivity contribution in [2.45, 2.75) is 12.1 Å². The number of rotatable bonds is 8. The molecule has 1 amide bonds. The number of para-hydroxylation sites is 1. The lowest BCUT2D eigenvalue weighted by atomic mass is 10.1. The number of anilines is 1. The van der Waals surface area contributed by atoms with Crippen LogP contribution in [0.4, 0.5) is 5.69 Å². The molecule has 0 saturated carbocycles. The summed E-state index contributed by atoms with van der Waals surface area (Å²) in [4.78, 5) is 12.6. The van der Waals surface area contributed by atoms with Crippen LogP contribution in [0.5, 0.6) is 11.5 Å². The molecule has 168 valence electrons. The Morgan fingerprint density at radius 1 is 0.939 bits per heavy atom. The third kappa shape index (κ3) is 5.18. The molecule has 4 aromatic rings. The van der Waals surface area contributed by atoms with Crippen LogP contribution in [-0.2, 0) is 4.79 Å². The number of carbonyl (C=O) groups is 1. The molecule has 33 heavy (non-hydrogen) atoms. The fourth-order valence-electron chi connectivity index (χ4n) is 3.30. The predicted octanol–water partition coefficient (Wildman–Crippen LogP) is 4.99. The summed E-state index contributed by atoms with van der Waals surface area (Å²) in [6, 6.07) is 23.0. The average Bonchev–Trinajstić information content (AvgIpc) is 3.27. The van der Waals surface area contributed by atoms with Crippen molar-refractivity contribution in [2.24, 2.45) is 0 Å². The van der Waals surface area contributed by atoms with Gasteiger partial charge in [-0.25, -0.2) is 0 Å². The Hall–Kier alpha value is -3.78. The molecule has 8 heteroatoms. The van der Waals surface area contributed by atoms with Crippen molar-refractivity contribution in [3.63, 3.8) is 0 Å². The van der Waals surface area contributed by atoms with Gasteiger partial charge in [0.25, 0.3) is 0 Å². The van der Waals surface area contributed by atoms with E-state index in [9.17, 15) is 4.79 Å². The number of aromatic nitrogens is 3. The monoisotopic (exact) mass is 460 g/mol. The van der Waals surface area contributed by atoms with E-state index in [4.69, 9.17) is 9.47 Å². The Bertz CT molecular complexity index is 1240. The molecule has 0 bridgehead atoms. The van der Waals surface area contributed by atoms with Gasteiger partial charge in [0.2, 0.25) is 5.91 Å². The first-order valence-electron chi connectivity index (χ1n) is 10.3. The molecule has 0 radical (unpaired) electrons. The summed E-state index contributed by atoms with van der Waals surface area (Å²) >= 11 is 1.32. The van der Waals surface area contributed by atoms with Gasteiger partial charge in [-0.15, -0.1) is 10.2 Å². The highest BCUT2D eigenvalue weighted by atomic mass is 32.2. The smallest absolute Gasteiger partial charge is 0.234 e. The number of methoxy groups -OCH3 is 2. The first-order chi connectivity index (χ1) is 16.1. The lowest BCUT2D eigenvalue weighted by Crippen LogP contribution is -2.14. The number of aryl methyl sites for hydroxylation is 1. The van der Waals surface area contributed by atoms with Gasteiger partial charge in [-0.2, -0.15) is 0 Å². The lowest BCUT2D eigenvalue weighted by Gasteiger charge is -2.13. The highest BCUT2D eigenvalue weighted by Gasteiger charge is 2.19. The Labute approximate surface area is 196 Å². The summed E-state index contributed by atoms with van der Waals surface area (Å²) in [5, 5.41) is 12.3. The second-order valence-electron chi connectivity index (χ2n) is 7.24. The molecule has 0 fully saturated rings. The maximum atomic E-state index is 12.6. The average molecular weight is 461 g/mol. The topological polar surface area (TPSA) is 78.3 Å². The van der Waals surface area contributed by atoms with Crippen LogP contribution in [0, 0.1) is 6.92 Å². The molecule has 0 unspecified atom stereocenters. The molecule has 0 aliphatic carbocycles. The fourth-order valence-corrected chi connectivity index (χ4v) is 4.05. The summed E-state index contributed by atoms with van der Waals surface area (Å²) in [7, 11) is 3.23. The molecule has 7 nitrogen and oxygen atoms in total. The Kier molecular flexibility index (Phi) is 6.95. The summed E-state index contributed by atoms with van der Waals surface area (Å²) in [5.41, 5.74) is 3.59. The molecular formula is C25H24N4O3S. The van der Waals surface area contributed by atoms with E-state index in [1.807, 2.05) is 60.0 Å². The van der Waals surface area contributed by atoms with Crippen molar-refractivity contribution in [2.75, 3.05) is 25.3 Å². The highest BCUT2D eigenvalue weighted by molar-refractivity contribution is 7.99. The number of nitrogens with zero attached hydrogens (tertiary/aromatic N) is 3. The maximum absolute atomic E-state index is 12.6. The largest absolute Gasteiger partial charge is 0.497 e. The Morgan fingerprint density at radius 3 is 2.36 bits per heavy atom. The molecule has 0 atom stereocenters. The fraction of sp³-hybridized carbons (Fsp3) is 0.160. The SMILES string of the molecule is COc1ccc(NC(=O)CSc2nnc(-c3ccccc3OC)n2-c2ccc(C)cc2)cc1. The summed E-state index contributed by atoms with van der Waals surface area (Å²) < 4.78 is 12.6. The Morgan fingerprint density at radius 2 is 1.67 bits per heavy atom. The number of carbonyl (C=O) groups excluding carboxylic acids is 1. The van der Waals surface area contributed by atoms with Crippen molar-refractivity contribution in [3.8, 4) is 28.6 Å². The highest BCUT2D eigenvalue weighted by Crippen LogP contribution is 2.33. The minimum Gasteiger partial charge on any atom is -0.497 e. The number of benzene rings is 3. The molecule has 0 saturated heterocycles. The van der Waals surface area contributed by atoms with Crippen LogP contribution in [0.15, 0.2) is 78.0 Å². The normalized spacial score (nSPS) is 10.6. The number of hydrogen-bond acceptors (Lipinski definition) is 6. The van der Waals surface area contributed by atoms with E-state index in [1.165, 1.54) is 11.8 Å². The van der Waals surface area contributed by atoms with Gasteiger partial charge in [0, 0.05) is 11.4 Å². The van der Waals surface area contributed by atoms with Crippen LogP contribution in [0.1, 0.15) is 5.56 Å². The van der Waals surface area contributed by atoms with E-state index >= 15 is 0 Å². The molecule has 0 aliphatic rings. The van der Waals surface area contributed by atoms with E-state index in [0.29, 0.717) is 22.4 Å². The summed E-state index contributed by atoms with van der Waals surface area (Å²) in [5.74, 6) is 2.13. The molecule has 1 heterocycles. The minimum atomic E-state index is -0.137. The van der Waals surface area contributed by atoms with Crippen molar-refractivity contribution < 1.29 is 14.3 Å². The van der Waals surface area contributed by atoms with E-state index < -0.39 is 0 Å². The first kappa shape index (κ1) is 22.4. The molecular weight excluding hydrogens is 436 g/mol. The van der Waals surface area contributed by atoms with Gasteiger partial charge in [0.1, 0.15) is 11.5 Å². The van der Waals surface area contributed by atoms with E-state index in [0.717, 1.165) is 22.6 Å². The van der Waals surface area contributed by atoms with E-state index in [2.05, 4.69) is 15.5 Å². The zero-order valence-electron chi connectivity index (χ0n) is 18.6. The van der Waals surface area contributed by atoms with Crippen molar-refractivity contribution in [1.29, 1.82) is 0 Å². The van der Waals surface area contributed by atoms with Crippen LogP contribution >= 0.6 is 11.8 Å².